The van der Waals surface area contributed by atoms with Crippen LogP contribution in [0.4, 0.5) is 0 Å². The highest BCUT2D eigenvalue weighted by Crippen LogP contribution is 2.41. The highest BCUT2D eigenvalue weighted by molar-refractivity contribution is 9.10. The molecular formula is C16H14BrClO. The van der Waals surface area contributed by atoms with Crippen molar-refractivity contribution < 1.29 is 5.11 Å². The Labute approximate surface area is 126 Å². The molecule has 19 heavy (non-hydrogen) atoms. The molecule has 0 amide bonds. The number of fused-ring (bicyclic) bond motifs is 1. The van der Waals surface area contributed by atoms with E-state index in [0.29, 0.717) is 10.9 Å². The smallest absolute Gasteiger partial charge is 0.0796 e. The van der Waals surface area contributed by atoms with Crippen molar-refractivity contribution in [2.24, 2.45) is 0 Å². The third kappa shape index (κ3) is 2.58. The minimum absolute atomic E-state index is 0.455. The van der Waals surface area contributed by atoms with Crippen LogP contribution in [0.25, 0.3) is 0 Å². The van der Waals surface area contributed by atoms with Gasteiger partial charge in [-0.3, -0.25) is 0 Å². The largest absolute Gasteiger partial charge is 0.388 e. The average molecular weight is 338 g/mol. The molecule has 2 aromatic carbocycles. The minimum Gasteiger partial charge on any atom is -0.388 e. The summed E-state index contributed by atoms with van der Waals surface area (Å²) >= 11 is 9.43. The van der Waals surface area contributed by atoms with Gasteiger partial charge in [0.1, 0.15) is 0 Å². The van der Waals surface area contributed by atoms with Gasteiger partial charge in [-0.1, -0.05) is 41.9 Å². The fourth-order valence-corrected chi connectivity index (χ4v) is 3.13. The maximum atomic E-state index is 10.3. The fourth-order valence-electron chi connectivity index (χ4n) is 2.70. The summed E-state index contributed by atoms with van der Waals surface area (Å²) in [5, 5.41) is 11.0. The molecule has 0 saturated carbocycles. The monoisotopic (exact) mass is 336 g/mol. The van der Waals surface area contributed by atoms with Crippen LogP contribution in [0.2, 0.25) is 5.02 Å². The number of aliphatic hydroxyl groups is 1. The third-order valence-electron chi connectivity index (χ3n) is 3.80. The lowest BCUT2D eigenvalue weighted by molar-refractivity contribution is 0.153. The van der Waals surface area contributed by atoms with Crippen LogP contribution < -0.4 is 0 Å². The summed E-state index contributed by atoms with van der Waals surface area (Å²) in [6.07, 6.45) is 1.37. The van der Waals surface area contributed by atoms with Crippen molar-refractivity contribution >= 4 is 27.5 Å². The second kappa shape index (κ2) is 5.28. The molecule has 1 aliphatic rings. The zero-order chi connectivity index (χ0) is 13.4. The van der Waals surface area contributed by atoms with E-state index in [1.54, 1.807) is 0 Å². The van der Waals surface area contributed by atoms with Crippen molar-refractivity contribution in [1.82, 2.24) is 0 Å². The molecule has 0 bridgehead atoms. The molecule has 1 nitrogen and oxygen atoms in total. The van der Waals surface area contributed by atoms with Gasteiger partial charge in [0.05, 0.1) is 11.1 Å². The quantitative estimate of drug-likeness (QED) is 0.847. The molecule has 2 aromatic rings. The molecule has 0 aliphatic heterocycles. The van der Waals surface area contributed by atoms with Crippen LogP contribution >= 0.6 is 27.5 Å². The number of rotatable bonds is 3. The Morgan fingerprint density at radius 3 is 2.79 bits per heavy atom. The Hall–Kier alpha value is -0.830. The normalized spacial score (nSPS) is 18.6. The fraction of sp³-hybridized carbons (Fsp3) is 0.250. The lowest BCUT2D eigenvalue weighted by Gasteiger charge is -2.31. The Morgan fingerprint density at radius 1 is 1.26 bits per heavy atom. The van der Waals surface area contributed by atoms with E-state index in [1.807, 2.05) is 18.2 Å². The molecule has 1 N–H and O–H groups in total. The molecule has 0 saturated heterocycles. The van der Waals surface area contributed by atoms with E-state index in [0.717, 1.165) is 22.9 Å². The zero-order valence-corrected chi connectivity index (χ0v) is 12.7. The number of benzene rings is 2. The van der Waals surface area contributed by atoms with Crippen LogP contribution in [0.3, 0.4) is 0 Å². The van der Waals surface area contributed by atoms with Gasteiger partial charge in [0, 0.05) is 4.47 Å². The molecule has 3 rings (SSSR count). The van der Waals surface area contributed by atoms with Crippen molar-refractivity contribution in [3.05, 3.63) is 68.7 Å². The first kappa shape index (κ1) is 13.2. The summed E-state index contributed by atoms with van der Waals surface area (Å²) in [4.78, 5) is 0. The van der Waals surface area contributed by atoms with Crippen molar-refractivity contribution in [3.8, 4) is 0 Å². The molecule has 2 atom stereocenters. The summed E-state index contributed by atoms with van der Waals surface area (Å²) < 4.78 is 0.860. The van der Waals surface area contributed by atoms with Crippen molar-refractivity contribution in [1.29, 1.82) is 0 Å². The molecule has 98 valence electrons. The van der Waals surface area contributed by atoms with E-state index < -0.39 is 6.10 Å². The standard InChI is InChI=1S/C16H14BrClO/c17-14-6-5-11(8-15(14)18)16(19)9-12-7-10-3-1-2-4-13(10)12/h1-6,8,12,16,19H,7,9H2. The predicted octanol–water partition coefficient (Wildman–Crippen LogP) is 4.87. The molecule has 0 radical (unpaired) electrons. The van der Waals surface area contributed by atoms with Crippen LogP contribution in [0, 0.1) is 0 Å². The van der Waals surface area contributed by atoms with E-state index in [4.69, 9.17) is 11.6 Å². The van der Waals surface area contributed by atoms with Crippen LogP contribution in [0.5, 0.6) is 0 Å². The predicted molar refractivity (Wildman–Crippen MR) is 81.6 cm³/mol. The number of hydrogen-bond acceptors (Lipinski definition) is 1. The molecule has 1 aliphatic carbocycles. The van der Waals surface area contributed by atoms with Crippen LogP contribution in [0.1, 0.15) is 35.1 Å². The van der Waals surface area contributed by atoms with Gasteiger partial charge in [0.25, 0.3) is 0 Å². The van der Waals surface area contributed by atoms with Crippen LogP contribution in [0.15, 0.2) is 46.9 Å². The lowest BCUT2D eigenvalue weighted by Crippen LogP contribution is -2.19. The summed E-state index contributed by atoms with van der Waals surface area (Å²) in [5.74, 6) is 0.466. The van der Waals surface area contributed by atoms with Crippen LogP contribution in [-0.4, -0.2) is 5.11 Å². The van der Waals surface area contributed by atoms with Gasteiger partial charge >= 0.3 is 0 Å². The van der Waals surface area contributed by atoms with Crippen LogP contribution in [-0.2, 0) is 6.42 Å². The molecule has 0 aromatic heterocycles. The van der Waals surface area contributed by atoms with Gasteiger partial charge in [-0.25, -0.2) is 0 Å². The molecule has 0 spiro atoms. The zero-order valence-electron chi connectivity index (χ0n) is 10.3. The number of aliphatic hydroxyl groups excluding tert-OH is 1. The molecule has 0 fully saturated rings. The highest BCUT2D eigenvalue weighted by Gasteiger charge is 2.27. The average Bonchev–Trinajstić information content (AvgIpc) is 2.39. The highest BCUT2D eigenvalue weighted by atomic mass is 79.9. The molecular weight excluding hydrogens is 324 g/mol. The maximum Gasteiger partial charge on any atom is 0.0796 e. The first-order valence-corrected chi connectivity index (χ1v) is 7.53. The van der Waals surface area contributed by atoms with Gasteiger partial charge in [-0.15, -0.1) is 0 Å². The van der Waals surface area contributed by atoms with E-state index in [2.05, 4.69) is 40.2 Å². The third-order valence-corrected chi connectivity index (χ3v) is 5.03. The molecule has 3 heteroatoms. The van der Waals surface area contributed by atoms with Gasteiger partial charge < -0.3 is 5.11 Å². The Morgan fingerprint density at radius 2 is 2.05 bits per heavy atom. The maximum absolute atomic E-state index is 10.3. The summed E-state index contributed by atoms with van der Waals surface area (Å²) in [6, 6.07) is 14.1. The lowest BCUT2D eigenvalue weighted by atomic mass is 9.74. The number of hydrogen-bond donors (Lipinski definition) is 1. The second-order valence-corrected chi connectivity index (χ2v) is 6.29. The minimum atomic E-state index is -0.455. The van der Waals surface area contributed by atoms with Crippen molar-refractivity contribution in [2.75, 3.05) is 0 Å². The Kier molecular flexibility index (Phi) is 3.66. The molecule has 0 heterocycles. The summed E-state index contributed by atoms with van der Waals surface area (Å²) in [7, 11) is 0. The van der Waals surface area contributed by atoms with E-state index in [9.17, 15) is 5.11 Å². The molecule has 2 unspecified atom stereocenters. The summed E-state index contributed by atoms with van der Waals surface area (Å²) in [6.45, 7) is 0. The van der Waals surface area contributed by atoms with E-state index in [-0.39, 0.29) is 0 Å². The Balaban J connectivity index is 1.73. The Bertz CT molecular complexity index is 611. The van der Waals surface area contributed by atoms with Gasteiger partial charge in [0.15, 0.2) is 0 Å². The van der Waals surface area contributed by atoms with Crippen molar-refractivity contribution in [2.45, 2.75) is 24.9 Å². The first-order chi connectivity index (χ1) is 9.15. The SMILES string of the molecule is OC(CC1Cc2ccccc21)c1ccc(Br)c(Cl)c1. The van der Waals surface area contributed by atoms with E-state index in [1.165, 1.54) is 11.1 Å². The topological polar surface area (TPSA) is 20.2 Å². The second-order valence-electron chi connectivity index (χ2n) is 5.02. The van der Waals surface area contributed by atoms with Gasteiger partial charge in [-0.05, 0) is 63.5 Å². The van der Waals surface area contributed by atoms with Gasteiger partial charge in [-0.2, -0.15) is 0 Å². The van der Waals surface area contributed by atoms with Crippen molar-refractivity contribution in [3.63, 3.8) is 0 Å². The summed E-state index contributed by atoms with van der Waals surface area (Å²) in [5.41, 5.74) is 3.68. The van der Waals surface area contributed by atoms with Gasteiger partial charge in [0.2, 0.25) is 0 Å². The van der Waals surface area contributed by atoms with E-state index >= 15 is 0 Å². The number of halogens is 2. The first-order valence-electron chi connectivity index (χ1n) is 6.36.